The molecule has 0 atom stereocenters. The summed E-state index contributed by atoms with van der Waals surface area (Å²) in [6.45, 7) is 7.31. The highest BCUT2D eigenvalue weighted by Crippen LogP contribution is 2.22. The molecule has 3 heterocycles. The molecule has 2 aromatic heterocycles. The quantitative estimate of drug-likeness (QED) is 0.658. The summed E-state index contributed by atoms with van der Waals surface area (Å²) in [6.07, 6.45) is 1.54. The molecule has 1 saturated heterocycles. The number of amides is 1. The summed E-state index contributed by atoms with van der Waals surface area (Å²) in [7, 11) is 0. The molecule has 0 spiro atoms. The van der Waals surface area contributed by atoms with Crippen LogP contribution in [0.4, 0.5) is 5.82 Å². The van der Waals surface area contributed by atoms with Gasteiger partial charge < -0.3 is 14.5 Å². The Balaban J connectivity index is 1.38. The average Bonchev–Trinajstić information content (AvgIpc) is 3.16. The van der Waals surface area contributed by atoms with Crippen molar-refractivity contribution >= 4 is 22.9 Å². The zero-order valence-corrected chi connectivity index (χ0v) is 16.1. The number of anilines is 1. The molecule has 0 N–H and O–H groups in total. The van der Waals surface area contributed by atoms with Crippen LogP contribution in [0.25, 0.3) is 11.2 Å². The van der Waals surface area contributed by atoms with Crippen LogP contribution in [0.5, 0.6) is 5.75 Å². The van der Waals surface area contributed by atoms with Crippen LogP contribution in [0.3, 0.4) is 0 Å². The standard InChI is InChI=1S/C19H23N7O2/c1-3-26-19-17(22-23-26)18(20-13-21-19)25-10-8-24(9-11-25)16(27)12-28-15-7-5-4-6-14(15)2/h4-7,13H,3,8-12H2,1-2H3. The van der Waals surface area contributed by atoms with Gasteiger partial charge in [-0.05, 0) is 25.5 Å². The molecule has 1 amide bonds. The van der Waals surface area contributed by atoms with Crippen LogP contribution in [0.1, 0.15) is 12.5 Å². The third-order valence-corrected chi connectivity index (χ3v) is 4.96. The van der Waals surface area contributed by atoms with Gasteiger partial charge in [0.05, 0.1) is 0 Å². The van der Waals surface area contributed by atoms with Gasteiger partial charge in [-0.1, -0.05) is 23.4 Å². The fourth-order valence-corrected chi connectivity index (χ4v) is 3.34. The van der Waals surface area contributed by atoms with E-state index in [9.17, 15) is 4.79 Å². The third kappa shape index (κ3) is 3.47. The van der Waals surface area contributed by atoms with Crippen molar-refractivity contribution in [1.82, 2.24) is 29.9 Å². The minimum Gasteiger partial charge on any atom is -0.484 e. The maximum Gasteiger partial charge on any atom is 0.260 e. The molecular formula is C19H23N7O2. The first-order valence-corrected chi connectivity index (χ1v) is 9.42. The number of nitrogens with zero attached hydrogens (tertiary/aromatic N) is 7. The molecule has 0 bridgehead atoms. The lowest BCUT2D eigenvalue weighted by Crippen LogP contribution is -2.50. The van der Waals surface area contributed by atoms with E-state index < -0.39 is 0 Å². The van der Waals surface area contributed by atoms with E-state index in [0.717, 1.165) is 22.8 Å². The van der Waals surface area contributed by atoms with Crippen LogP contribution in [0.15, 0.2) is 30.6 Å². The number of carbonyl (C=O) groups excluding carboxylic acids is 1. The van der Waals surface area contributed by atoms with Crippen LogP contribution in [-0.2, 0) is 11.3 Å². The summed E-state index contributed by atoms with van der Waals surface area (Å²) >= 11 is 0. The monoisotopic (exact) mass is 381 g/mol. The average molecular weight is 381 g/mol. The molecular weight excluding hydrogens is 358 g/mol. The largest absolute Gasteiger partial charge is 0.484 e. The first-order chi connectivity index (χ1) is 13.7. The molecule has 1 aromatic carbocycles. The predicted molar refractivity (Wildman–Crippen MR) is 104 cm³/mol. The van der Waals surface area contributed by atoms with Gasteiger partial charge in [-0.25, -0.2) is 14.6 Å². The van der Waals surface area contributed by atoms with E-state index in [1.54, 1.807) is 11.0 Å². The number of aryl methyl sites for hydroxylation is 2. The van der Waals surface area contributed by atoms with E-state index in [4.69, 9.17) is 4.74 Å². The molecule has 0 saturated carbocycles. The van der Waals surface area contributed by atoms with Gasteiger partial charge in [0.15, 0.2) is 23.6 Å². The normalized spacial score (nSPS) is 14.5. The van der Waals surface area contributed by atoms with Gasteiger partial charge in [0.25, 0.3) is 5.91 Å². The van der Waals surface area contributed by atoms with Gasteiger partial charge in [0.2, 0.25) is 0 Å². The summed E-state index contributed by atoms with van der Waals surface area (Å²) in [5, 5.41) is 8.36. The minimum absolute atomic E-state index is 0.00679. The molecule has 1 fully saturated rings. The smallest absolute Gasteiger partial charge is 0.260 e. The van der Waals surface area contributed by atoms with E-state index in [0.29, 0.717) is 38.2 Å². The van der Waals surface area contributed by atoms with E-state index in [-0.39, 0.29) is 12.5 Å². The minimum atomic E-state index is -0.00679. The predicted octanol–water partition coefficient (Wildman–Crippen LogP) is 1.28. The Bertz CT molecular complexity index is 979. The van der Waals surface area contributed by atoms with E-state index in [1.165, 1.54) is 0 Å². The molecule has 28 heavy (non-hydrogen) atoms. The Morgan fingerprint density at radius 1 is 1.14 bits per heavy atom. The molecule has 9 nitrogen and oxygen atoms in total. The molecule has 0 radical (unpaired) electrons. The van der Waals surface area contributed by atoms with Crippen LogP contribution >= 0.6 is 0 Å². The molecule has 1 aliphatic rings. The molecule has 146 valence electrons. The number of hydrogen-bond donors (Lipinski definition) is 0. The summed E-state index contributed by atoms with van der Waals surface area (Å²) in [4.78, 5) is 25.2. The second-order valence-corrected chi connectivity index (χ2v) is 6.70. The summed E-state index contributed by atoms with van der Waals surface area (Å²) in [5.41, 5.74) is 2.46. The highest BCUT2D eigenvalue weighted by molar-refractivity contribution is 5.83. The highest BCUT2D eigenvalue weighted by Gasteiger charge is 2.24. The second kappa shape index (κ2) is 7.79. The van der Waals surface area contributed by atoms with Crippen LogP contribution in [0, 0.1) is 6.92 Å². The topological polar surface area (TPSA) is 89.3 Å². The Kier molecular flexibility index (Phi) is 5.05. The number of aromatic nitrogens is 5. The van der Waals surface area contributed by atoms with Gasteiger partial charge in [0.1, 0.15) is 12.1 Å². The van der Waals surface area contributed by atoms with Crippen molar-refractivity contribution in [1.29, 1.82) is 0 Å². The first-order valence-electron chi connectivity index (χ1n) is 9.42. The number of fused-ring (bicyclic) bond motifs is 1. The summed E-state index contributed by atoms with van der Waals surface area (Å²) < 4.78 is 7.44. The molecule has 3 aromatic rings. The van der Waals surface area contributed by atoms with Crippen molar-refractivity contribution < 1.29 is 9.53 Å². The number of hydrogen-bond acceptors (Lipinski definition) is 7. The number of rotatable bonds is 5. The van der Waals surface area contributed by atoms with Crippen molar-refractivity contribution in [3.8, 4) is 5.75 Å². The fraction of sp³-hybridized carbons (Fsp3) is 0.421. The SMILES string of the molecule is CCn1nnc2c(N3CCN(C(=O)COc4ccccc4C)CC3)ncnc21. The Morgan fingerprint density at radius 3 is 2.68 bits per heavy atom. The highest BCUT2D eigenvalue weighted by atomic mass is 16.5. The lowest BCUT2D eigenvalue weighted by molar-refractivity contribution is -0.133. The third-order valence-electron chi connectivity index (χ3n) is 4.96. The van der Waals surface area contributed by atoms with Crippen molar-refractivity contribution in [2.75, 3.05) is 37.7 Å². The number of piperazine rings is 1. The Hall–Kier alpha value is -3.23. The maximum absolute atomic E-state index is 12.5. The number of ether oxygens (including phenoxy) is 1. The van der Waals surface area contributed by atoms with Crippen LogP contribution in [0.2, 0.25) is 0 Å². The van der Waals surface area contributed by atoms with Gasteiger partial charge in [-0.3, -0.25) is 4.79 Å². The first kappa shape index (κ1) is 18.1. The lowest BCUT2D eigenvalue weighted by atomic mass is 10.2. The molecule has 0 aliphatic carbocycles. The fourth-order valence-electron chi connectivity index (χ4n) is 3.34. The van der Waals surface area contributed by atoms with Crippen LogP contribution < -0.4 is 9.64 Å². The Morgan fingerprint density at radius 2 is 1.93 bits per heavy atom. The number of para-hydroxylation sites is 1. The van der Waals surface area contributed by atoms with Gasteiger partial charge in [0, 0.05) is 32.7 Å². The molecule has 4 rings (SSSR count). The maximum atomic E-state index is 12.5. The number of benzene rings is 1. The summed E-state index contributed by atoms with van der Waals surface area (Å²) in [5.74, 6) is 1.51. The summed E-state index contributed by atoms with van der Waals surface area (Å²) in [6, 6.07) is 7.70. The van der Waals surface area contributed by atoms with Gasteiger partial charge >= 0.3 is 0 Å². The lowest BCUT2D eigenvalue weighted by Gasteiger charge is -2.35. The Labute approximate surface area is 162 Å². The van der Waals surface area contributed by atoms with Crippen molar-refractivity contribution in [3.05, 3.63) is 36.2 Å². The molecule has 1 aliphatic heterocycles. The zero-order chi connectivity index (χ0) is 19.5. The van der Waals surface area contributed by atoms with Crippen molar-refractivity contribution in [3.63, 3.8) is 0 Å². The van der Waals surface area contributed by atoms with E-state index in [1.807, 2.05) is 43.0 Å². The van der Waals surface area contributed by atoms with E-state index in [2.05, 4.69) is 25.2 Å². The van der Waals surface area contributed by atoms with Crippen molar-refractivity contribution in [2.45, 2.75) is 20.4 Å². The number of carbonyl (C=O) groups is 1. The van der Waals surface area contributed by atoms with Gasteiger partial charge in [-0.15, -0.1) is 5.10 Å². The molecule has 0 unspecified atom stereocenters. The second-order valence-electron chi connectivity index (χ2n) is 6.70. The van der Waals surface area contributed by atoms with Crippen molar-refractivity contribution in [2.24, 2.45) is 0 Å². The zero-order valence-electron chi connectivity index (χ0n) is 16.1. The van der Waals surface area contributed by atoms with E-state index >= 15 is 0 Å². The van der Waals surface area contributed by atoms with Gasteiger partial charge in [-0.2, -0.15) is 0 Å². The van der Waals surface area contributed by atoms with Crippen LogP contribution in [-0.4, -0.2) is 68.6 Å². The molecule has 9 heteroatoms.